The molecule has 0 aromatic carbocycles. The Bertz CT molecular complexity index is 316. The Balaban J connectivity index is 4.53. The van der Waals surface area contributed by atoms with Crippen LogP contribution < -0.4 is 0 Å². The summed E-state index contributed by atoms with van der Waals surface area (Å²) in [7, 11) is -2.82. The van der Waals surface area contributed by atoms with Crippen LogP contribution in [0.2, 0.25) is 6.04 Å². The van der Waals surface area contributed by atoms with Crippen LogP contribution in [0.1, 0.15) is 66.2 Å². The first-order chi connectivity index (χ1) is 11.0. The molecule has 23 heavy (non-hydrogen) atoms. The van der Waals surface area contributed by atoms with Gasteiger partial charge in [0.05, 0.1) is 0 Å². The second-order valence-electron chi connectivity index (χ2n) is 5.39. The van der Waals surface area contributed by atoms with Crippen molar-refractivity contribution in [3.05, 3.63) is 12.7 Å². The van der Waals surface area contributed by atoms with Gasteiger partial charge in [-0.2, -0.15) is 0 Å². The van der Waals surface area contributed by atoms with E-state index in [4.69, 9.17) is 18.0 Å². The lowest BCUT2D eigenvalue weighted by molar-refractivity contribution is -0.161. The van der Waals surface area contributed by atoms with Gasteiger partial charge in [0.25, 0.3) is 0 Å². The molecule has 0 bridgehead atoms. The van der Waals surface area contributed by atoms with Crippen molar-refractivity contribution in [1.29, 1.82) is 0 Å². The molecule has 0 fully saturated rings. The van der Waals surface area contributed by atoms with E-state index in [0.717, 1.165) is 25.0 Å². The van der Waals surface area contributed by atoms with Crippen LogP contribution in [0.3, 0.4) is 0 Å². The molecule has 0 aliphatic carbocycles. The summed E-state index contributed by atoms with van der Waals surface area (Å²) < 4.78 is 22.7. The summed E-state index contributed by atoms with van der Waals surface area (Å²) in [4.78, 5) is 11.3. The predicted molar refractivity (Wildman–Crippen MR) is 94.0 cm³/mol. The smallest absolute Gasteiger partial charge is 0.434 e. The van der Waals surface area contributed by atoms with Gasteiger partial charge in [0.2, 0.25) is 0 Å². The van der Waals surface area contributed by atoms with E-state index < -0.39 is 21.1 Å². The maximum atomic E-state index is 11.3. The molecule has 0 amide bonds. The summed E-state index contributed by atoms with van der Waals surface area (Å²) in [5.41, 5.74) is 0. The van der Waals surface area contributed by atoms with Crippen molar-refractivity contribution in [2.45, 2.75) is 78.6 Å². The van der Waals surface area contributed by atoms with E-state index in [0.29, 0.717) is 13.2 Å². The minimum atomic E-state index is -2.82. The Morgan fingerprint density at radius 2 is 1.61 bits per heavy atom. The number of unbranched alkanes of at least 4 members (excludes halogenated alkanes) is 5. The van der Waals surface area contributed by atoms with Crippen LogP contribution in [0.5, 0.6) is 0 Å². The highest BCUT2D eigenvalue weighted by molar-refractivity contribution is 6.60. The number of hydrogen-bond acceptors (Lipinski definition) is 5. The molecule has 5 nitrogen and oxygen atoms in total. The van der Waals surface area contributed by atoms with Crippen LogP contribution in [-0.4, -0.2) is 34.3 Å². The van der Waals surface area contributed by atoms with Gasteiger partial charge in [-0.15, -0.1) is 0 Å². The first-order valence-corrected chi connectivity index (χ1v) is 10.8. The highest BCUT2D eigenvalue weighted by Crippen LogP contribution is 2.22. The Morgan fingerprint density at radius 1 is 1.04 bits per heavy atom. The minimum Gasteiger partial charge on any atom is -0.434 e. The lowest BCUT2D eigenvalue weighted by Gasteiger charge is -2.31. The standard InChI is InChI=1S/C17H34O5Si/c1-6-10-11-12-13-14-15-23(19-8-3,20-9-4)22-16(5)21-17(18)7-2/h7,16H,2,6,8-15H2,1,3-5H3. The summed E-state index contributed by atoms with van der Waals surface area (Å²) >= 11 is 0. The van der Waals surface area contributed by atoms with E-state index >= 15 is 0 Å². The molecule has 1 atom stereocenters. The SMILES string of the molecule is C=CC(=O)OC(C)O[Si](CCCCCCCC)(OCC)OCC. The number of carbonyl (C=O) groups is 1. The van der Waals surface area contributed by atoms with Crippen molar-refractivity contribution < 1.29 is 22.8 Å². The number of carbonyl (C=O) groups excluding carboxylic acids is 1. The minimum absolute atomic E-state index is 0.507. The lowest BCUT2D eigenvalue weighted by Crippen LogP contribution is -2.48. The quantitative estimate of drug-likeness (QED) is 0.144. The number of ether oxygens (including phenoxy) is 1. The van der Waals surface area contributed by atoms with E-state index in [1.54, 1.807) is 6.92 Å². The Kier molecular flexibility index (Phi) is 13.3. The zero-order valence-electron chi connectivity index (χ0n) is 15.3. The van der Waals surface area contributed by atoms with Gasteiger partial charge in [0.15, 0.2) is 6.29 Å². The number of hydrogen-bond donors (Lipinski definition) is 0. The maximum Gasteiger partial charge on any atom is 0.503 e. The van der Waals surface area contributed by atoms with E-state index in [9.17, 15) is 4.79 Å². The van der Waals surface area contributed by atoms with Gasteiger partial charge in [-0.3, -0.25) is 0 Å². The molecule has 136 valence electrons. The van der Waals surface area contributed by atoms with Crippen molar-refractivity contribution in [2.24, 2.45) is 0 Å². The molecule has 0 saturated carbocycles. The highest BCUT2D eigenvalue weighted by atomic mass is 28.4. The third-order valence-electron chi connectivity index (χ3n) is 3.36. The molecular formula is C17H34O5Si. The van der Waals surface area contributed by atoms with E-state index in [1.807, 2.05) is 13.8 Å². The summed E-state index contributed by atoms with van der Waals surface area (Å²) in [6.07, 6.45) is 7.57. The summed E-state index contributed by atoms with van der Waals surface area (Å²) in [6.45, 7) is 12.2. The molecule has 0 aromatic heterocycles. The maximum absolute atomic E-state index is 11.3. The van der Waals surface area contributed by atoms with E-state index in [-0.39, 0.29) is 0 Å². The topological polar surface area (TPSA) is 54.0 Å². The van der Waals surface area contributed by atoms with Gasteiger partial charge in [0.1, 0.15) is 0 Å². The van der Waals surface area contributed by atoms with Crippen LogP contribution in [-0.2, 0) is 22.8 Å². The van der Waals surface area contributed by atoms with Crippen LogP contribution in [0.4, 0.5) is 0 Å². The third-order valence-corrected chi connectivity index (χ3v) is 6.47. The van der Waals surface area contributed by atoms with Gasteiger partial charge < -0.3 is 18.0 Å². The molecule has 0 radical (unpaired) electrons. The molecule has 0 aliphatic heterocycles. The summed E-state index contributed by atoms with van der Waals surface area (Å²) in [6, 6.07) is 0.747. The average Bonchev–Trinajstić information content (AvgIpc) is 2.51. The molecule has 0 heterocycles. The number of rotatable bonds is 15. The van der Waals surface area contributed by atoms with Crippen molar-refractivity contribution in [2.75, 3.05) is 13.2 Å². The van der Waals surface area contributed by atoms with Gasteiger partial charge in [0, 0.05) is 25.3 Å². The molecular weight excluding hydrogens is 312 g/mol. The molecule has 0 rings (SSSR count). The molecule has 0 N–H and O–H groups in total. The van der Waals surface area contributed by atoms with Gasteiger partial charge in [-0.05, 0) is 27.2 Å². The summed E-state index contributed by atoms with van der Waals surface area (Å²) in [5.74, 6) is -0.507. The molecule has 0 saturated heterocycles. The van der Waals surface area contributed by atoms with Gasteiger partial charge in [-0.25, -0.2) is 4.79 Å². The van der Waals surface area contributed by atoms with Crippen molar-refractivity contribution in [3.8, 4) is 0 Å². The average molecular weight is 347 g/mol. The van der Waals surface area contributed by atoms with Gasteiger partial charge >= 0.3 is 14.8 Å². The molecule has 6 heteroatoms. The molecule has 0 spiro atoms. The molecule has 0 aromatic rings. The second kappa shape index (κ2) is 13.7. The van der Waals surface area contributed by atoms with Crippen molar-refractivity contribution in [1.82, 2.24) is 0 Å². The normalized spacial score (nSPS) is 12.9. The summed E-state index contributed by atoms with van der Waals surface area (Å²) in [5, 5.41) is 0. The van der Waals surface area contributed by atoms with Crippen LogP contribution in [0, 0.1) is 0 Å². The van der Waals surface area contributed by atoms with Crippen LogP contribution in [0.15, 0.2) is 12.7 Å². The van der Waals surface area contributed by atoms with Crippen molar-refractivity contribution in [3.63, 3.8) is 0 Å². The molecule has 0 aliphatic rings. The largest absolute Gasteiger partial charge is 0.503 e. The zero-order chi connectivity index (χ0) is 17.6. The Hall–Kier alpha value is -0.693. The highest BCUT2D eigenvalue weighted by Gasteiger charge is 2.42. The molecule has 1 unspecified atom stereocenters. The van der Waals surface area contributed by atoms with Crippen LogP contribution >= 0.6 is 0 Å². The van der Waals surface area contributed by atoms with E-state index in [2.05, 4.69) is 13.5 Å². The van der Waals surface area contributed by atoms with E-state index in [1.165, 1.54) is 25.7 Å². The lowest BCUT2D eigenvalue weighted by atomic mass is 10.1. The number of esters is 1. The van der Waals surface area contributed by atoms with Crippen molar-refractivity contribution >= 4 is 14.8 Å². The first kappa shape index (κ1) is 22.3. The fourth-order valence-electron chi connectivity index (χ4n) is 2.36. The Morgan fingerprint density at radius 3 is 2.13 bits per heavy atom. The Labute approximate surface area is 142 Å². The van der Waals surface area contributed by atoms with Crippen LogP contribution in [0.25, 0.3) is 0 Å². The fraction of sp³-hybridized carbons (Fsp3) is 0.824. The monoisotopic (exact) mass is 346 g/mol. The zero-order valence-corrected chi connectivity index (χ0v) is 16.3. The third kappa shape index (κ3) is 10.7. The first-order valence-electron chi connectivity index (χ1n) is 8.82. The fourth-order valence-corrected chi connectivity index (χ4v) is 5.11. The second-order valence-corrected chi connectivity index (χ2v) is 8.07. The predicted octanol–water partition coefficient (Wildman–Crippen LogP) is 4.45. The van der Waals surface area contributed by atoms with Gasteiger partial charge in [-0.1, -0.05) is 45.6 Å².